The van der Waals surface area contributed by atoms with Crippen LogP contribution in [0.15, 0.2) is 241 Å². The first kappa shape index (κ1) is 35.4. The molecule has 64 heavy (non-hydrogen) atoms. The summed E-state index contributed by atoms with van der Waals surface area (Å²) in [5.41, 5.74) is 22.0. The second-order valence-corrected chi connectivity index (χ2v) is 17.5. The van der Waals surface area contributed by atoms with Crippen molar-refractivity contribution in [1.82, 2.24) is 0 Å². The molecule has 0 amide bonds. The zero-order valence-corrected chi connectivity index (χ0v) is 34.9. The average Bonchev–Trinajstić information content (AvgIpc) is 4.07. The third-order valence-corrected chi connectivity index (χ3v) is 14.6. The maximum atomic E-state index is 6.45. The molecule has 0 N–H and O–H groups in total. The standard InChI is InChI=1S/C62H39NO/c1-3-18-40(19-4-1)61(41-20-5-2-6-21-41)51-27-12-7-24-46(51)47-36-34-43(39-56(47)61)63(42-35-37-59-50(38-42)48-25-11-16-33-58(48)64-59)57-32-17-31-55-60(57)49-26-10-15-30-54(49)62(55)52-28-13-8-22-44(52)45-23-9-14-29-53(45)62/h1-39H. The van der Waals surface area contributed by atoms with E-state index in [0.717, 1.165) is 39.0 Å². The van der Waals surface area contributed by atoms with E-state index in [0.29, 0.717) is 0 Å². The number of hydrogen-bond acceptors (Lipinski definition) is 2. The van der Waals surface area contributed by atoms with Gasteiger partial charge in [-0.25, -0.2) is 0 Å². The summed E-state index contributed by atoms with van der Waals surface area (Å²) in [5.74, 6) is 0. The molecule has 0 saturated carbocycles. The van der Waals surface area contributed by atoms with E-state index in [1.54, 1.807) is 0 Å². The van der Waals surface area contributed by atoms with E-state index in [9.17, 15) is 0 Å². The quantitative estimate of drug-likeness (QED) is 0.172. The van der Waals surface area contributed by atoms with Gasteiger partial charge in [0.05, 0.1) is 16.5 Å². The highest BCUT2D eigenvalue weighted by Gasteiger charge is 2.52. The third-order valence-electron chi connectivity index (χ3n) is 14.6. The summed E-state index contributed by atoms with van der Waals surface area (Å²) in [6, 6.07) is 87.8. The Morgan fingerprint density at radius 1 is 0.297 bits per heavy atom. The van der Waals surface area contributed by atoms with Crippen LogP contribution in [0.1, 0.15) is 44.5 Å². The largest absolute Gasteiger partial charge is 0.456 e. The Kier molecular flexibility index (Phi) is 7.28. The van der Waals surface area contributed by atoms with Crippen molar-refractivity contribution in [2.75, 3.05) is 4.90 Å². The van der Waals surface area contributed by atoms with Crippen LogP contribution >= 0.6 is 0 Å². The molecule has 0 aliphatic heterocycles. The van der Waals surface area contributed by atoms with Crippen molar-refractivity contribution < 1.29 is 4.42 Å². The molecule has 2 heteroatoms. The van der Waals surface area contributed by atoms with Gasteiger partial charge in [0.15, 0.2) is 0 Å². The van der Waals surface area contributed by atoms with E-state index in [1.165, 1.54) is 77.9 Å². The number of benzene rings is 10. The smallest absolute Gasteiger partial charge is 0.135 e. The van der Waals surface area contributed by atoms with Gasteiger partial charge in [-0.2, -0.15) is 0 Å². The summed E-state index contributed by atoms with van der Waals surface area (Å²) >= 11 is 0. The molecule has 0 bridgehead atoms. The van der Waals surface area contributed by atoms with Gasteiger partial charge in [0, 0.05) is 27.7 Å². The van der Waals surface area contributed by atoms with Crippen LogP contribution in [-0.4, -0.2) is 0 Å². The van der Waals surface area contributed by atoms with E-state index < -0.39 is 10.8 Å². The molecule has 1 aromatic heterocycles. The lowest BCUT2D eigenvalue weighted by atomic mass is 9.67. The maximum absolute atomic E-state index is 6.45. The van der Waals surface area contributed by atoms with E-state index in [2.05, 4.69) is 235 Å². The summed E-state index contributed by atoms with van der Waals surface area (Å²) in [7, 11) is 0. The number of nitrogens with zero attached hydrogens (tertiary/aromatic N) is 1. The van der Waals surface area contributed by atoms with Crippen molar-refractivity contribution in [3.8, 4) is 33.4 Å². The first-order valence-corrected chi connectivity index (χ1v) is 22.3. The van der Waals surface area contributed by atoms with Gasteiger partial charge in [-0.1, -0.05) is 194 Å². The van der Waals surface area contributed by atoms with Crippen LogP contribution in [0.2, 0.25) is 0 Å². The lowest BCUT2D eigenvalue weighted by Crippen LogP contribution is -2.28. The van der Waals surface area contributed by atoms with Gasteiger partial charge in [0.25, 0.3) is 0 Å². The summed E-state index contributed by atoms with van der Waals surface area (Å²) in [6.45, 7) is 0. The first-order valence-electron chi connectivity index (χ1n) is 22.3. The molecule has 0 atom stereocenters. The van der Waals surface area contributed by atoms with Crippen LogP contribution in [0.3, 0.4) is 0 Å². The van der Waals surface area contributed by atoms with Gasteiger partial charge >= 0.3 is 0 Å². The van der Waals surface area contributed by atoms with Crippen molar-refractivity contribution in [2.45, 2.75) is 10.8 Å². The Balaban J connectivity index is 1.09. The van der Waals surface area contributed by atoms with Crippen LogP contribution in [0, 0.1) is 0 Å². The number of fused-ring (bicyclic) bond motifs is 16. The molecule has 1 heterocycles. The van der Waals surface area contributed by atoms with Gasteiger partial charge in [-0.3, -0.25) is 0 Å². The molecule has 2 nitrogen and oxygen atoms in total. The molecule has 0 saturated heterocycles. The minimum Gasteiger partial charge on any atom is -0.456 e. The van der Waals surface area contributed by atoms with Gasteiger partial charge < -0.3 is 9.32 Å². The summed E-state index contributed by atoms with van der Waals surface area (Å²) < 4.78 is 6.45. The molecule has 3 aliphatic carbocycles. The molecular weight excluding hydrogens is 775 g/mol. The van der Waals surface area contributed by atoms with E-state index >= 15 is 0 Å². The zero-order valence-electron chi connectivity index (χ0n) is 34.9. The van der Waals surface area contributed by atoms with Crippen LogP contribution in [0.4, 0.5) is 17.1 Å². The summed E-state index contributed by atoms with van der Waals surface area (Å²) in [5, 5.41) is 2.20. The Labute approximate surface area is 372 Å². The molecular formula is C62H39NO. The SMILES string of the molecule is c1ccc(C2(c3ccccc3)c3ccccc3-c3ccc(N(c4ccc5oc6ccccc6c5c4)c4cccc5c4-c4ccccc4C54c5ccccc5-c5ccccc54)cc32)cc1. The zero-order chi connectivity index (χ0) is 42.0. The molecule has 11 aromatic rings. The van der Waals surface area contributed by atoms with Crippen molar-refractivity contribution in [3.63, 3.8) is 0 Å². The minimum atomic E-state index is -0.548. The fourth-order valence-corrected chi connectivity index (χ4v) is 12.2. The molecule has 0 radical (unpaired) electrons. The number of hydrogen-bond donors (Lipinski definition) is 0. The highest BCUT2D eigenvalue weighted by Crippen LogP contribution is 2.65. The minimum absolute atomic E-state index is 0.471. The Bertz CT molecular complexity index is 3610. The molecule has 1 spiro atoms. The lowest BCUT2D eigenvalue weighted by molar-refractivity contribution is 0.669. The average molecular weight is 814 g/mol. The van der Waals surface area contributed by atoms with Crippen LogP contribution in [0.5, 0.6) is 0 Å². The third kappa shape index (κ3) is 4.49. The predicted molar refractivity (Wildman–Crippen MR) is 262 cm³/mol. The Hall–Kier alpha value is -8.20. The maximum Gasteiger partial charge on any atom is 0.135 e. The van der Waals surface area contributed by atoms with Crippen LogP contribution in [0.25, 0.3) is 55.3 Å². The Morgan fingerprint density at radius 3 is 1.42 bits per heavy atom. The second-order valence-electron chi connectivity index (χ2n) is 17.5. The van der Waals surface area contributed by atoms with Crippen LogP contribution < -0.4 is 4.90 Å². The van der Waals surface area contributed by atoms with Gasteiger partial charge in [0.2, 0.25) is 0 Å². The van der Waals surface area contributed by atoms with E-state index in [1.807, 2.05) is 6.07 Å². The van der Waals surface area contributed by atoms with Crippen molar-refractivity contribution in [1.29, 1.82) is 0 Å². The number of furan rings is 1. The van der Waals surface area contributed by atoms with Crippen molar-refractivity contribution in [3.05, 3.63) is 281 Å². The summed E-state index contributed by atoms with van der Waals surface area (Å²) in [6.07, 6.45) is 0. The van der Waals surface area contributed by atoms with Gasteiger partial charge in [0.1, 0.15) is 11.2 Å². The van der Waals surface area contributed by atoms with E-state index in [-0.39, 0.29) is 0 Å². The highest BCUT2D eigenvalue weighted by molar-refractivity contribution is 6.08. The van der Waals surface area contributed by atoms with Crippen molar-refractivity contribution in [2.24, 2.45) is 0 Å². The molecule has 0 fully saturated rings. The van der Waals surface area contributed by atoms with E-state index in [4.69, 9.17) is 4.42 Å². The number of para-hydroxylation sites is 1. The molecule has 298 valence electrons. The highest BCUT2D eigenvalue weighted by atomic mass is 16.3. The first-order chi connectivity index (χ1) is 31.8. The second kappa shape index (κ2) is 13.2. The Morgan fingerprint density at radius 2 is 0.766 bits per heavy atom. The predicted octanol–water partition coefficient (Wildman–Crippen LogP) is 15.8. The molecule has 3 aliphatic rings. The van der Waals surface area contributed by atoms with Crippen LogP contribution in [-0.2, 0) is 10.8 Å². The molecule has 14 rings (SSSR count). The summed E-state index contributed by atoms with van der Waals surface area (Å²) in [4.78, 5) is 2.52. The number of rotatable bonds is 5. The lowest BCUT2D eigenvalue weighted by Gasteiger charge is -2.35. The molecule has 0 unspecified atom stereocenters. The van der Waals surface area contributed by atoms with Gasteiger partial charge in [-0.05, 0) is 115 Å². The molecule has 10 aromatic carbocycles. The number of anilines is 3. The monoisotopic (exact) mass is 813 g/mol. The topological polar surface area (TPSA) is 16.4 Å². The van der Waals surface area contributed by atoms with Gasteiger partial charge in [-0.15, -0.1) is 0 Å². The fourth-order valence-electron chi connectivity index (χ4n) is 12.2. The normalized spacial score (nSPS) is 14.2. The fraction of sp³-hybridized carbons (Fsp3) is 0.0323. The van der Waals surface area contributed by atoms with Crippen molar-refractivity contribution >= 4 is 39.0 Å².